The van der Waals surface area contributed by atoms with Crippen LogP contribution in [-0.4, -0.2) is 17.1 Å². The van der Waals surface area contributed by atoms with Gasteiger partial charge in [0.25, 0.3) is 5.56 Å². The van der Waals surface area contributed by atoms with Crippen molar-refractivity contribution < 1.29 is 18.0 Å². The van der Waals surface area contributed by atoms with Crippen LogP contribution >= 0.6 is 0 Å². The molecular formula is C16H21F3N2O2. The summed E-state index contributed by atoms with van der Waals surface area (Å²) in [6.45, 7) is 3.43. The first kappa shape index (κ1) is 17.6. The molecule has 2 N–H and O–H groups in total. The van der Waals surface area contributed by atoms with Crippen molar-refractivity contribution in [2.45, 2.75) is 52.3 Å². The van der Waals surface area contributed by atoms with Gasteiger partial charge < -0.3 is 10.3 Å². The van der Waals surface area contributed by atoms with E-state index in [1.54, 1.807) is 19.9 Å². The van der Waals surface area contributed by atoms with Gasteiger partial charge in [-0.05, 0) is 38.3 Å². The van der Waals surface area contributed by atoms with E-state index in [0.717, 1.165) is 0 Å². The Balaban J connectivity index is 2.08. The lowest BCUT2D eigenvalue weighted by molar-refractivity contribution is -0.198. The van der Waals surface area contributed by atoms with E-state index in [2.05, 4.69) is 10.3 Å². The van der Waals surface area contributed by atoms with Gasteiger partial charge in [0.1, 0.15) is 0 Å². The fourth-order valence-corrected chi connectivity index (χ4v) is 3.24. The Hall–Kier alpha value is -1.79. The van der Waals surface area contributed by atoms with E-state index in [1.807, 2.05) is 0 Å². The molecule has 7 heteroatoms. The van der Waals surface area contributed by atoms with Gasteiger partial charge in [-0.15, -0.1) is 0 Å². The third-order valence-electron chi connectivity index (χ3n) is 4.46. The third kappa shape index (κ3) is 4.14. The summed E-state index contributed by atoms with van der Waals surface area (Å²) in [7, 11) is 0. The molecule has 0 spiro atoms. The van der Waals surface area contributed by atoms with Crippen LogP contribution in [0.4, 0.5) is 13.2 Å². The molecule has 1 saturated carbocycles. The second kappa shape index (κ2) is 6.76. The Labute approximate surface area is 132 Å². The lowest BCUT2D eigenvalue weighted by atomic mass is 9.78. The lowest BCUT2D eigenvalue weighted by Crippen LogP contribution is -2.42. The van der Waals surface area contributed by atoms with Crippen LogP contribution in [-0.2, 0) is 11.3 Å². The van der Waals surface area contributed by atoms with Gasteiger partial charge >= 0.3 is 6.18 Å². The van der Waals surface area contributed by atoms with Crippen molar-refractivity contribution in [2.24, 2.45) is 11.8 Å². The molecule has 0 unspecified atom stereocenters. The highest BCUT2D eigenvalue weighted by molar-refractivity contribution is 5.79. The Morgan fingerprint density at radius 1 is 1.30 bits per heavy atom. The first-order valence-corrected chi connectivity index (χ1v) is 7.74. The van der Waals surface area contributed by atoms with Gasteiger partial charge in [-0.1, -0.05) is 12.8 Å². The van der Waals surface area contributed by atoms with Crippen molar-refractivity contribution >= 4 is 5.91 Å². The topological polar surface area (TPSA) is 62.0 Å². The molecule has 0 radical (unpaired) electrons. The van der Waals surface area contributed by atoms with Crippen molar-refractivity contribution in [3.05, 3.63) is 33.2 Å². The number of carbonyl (C=O) groups is 1. The van der Waals surface area contributed by atoms with Crippen molar-refractivity contribution in [2.75, 3.05) is 0 Å². The van der Waals surface area contributed by atoms with E-state index in [0.29, 0.717) is 29.7 Å². The first-order chi connectivity index (χ1) is 10.7. The average molecular weight is 330 g/mol. The van der Waals surface area contributed by atoms with Gasteiger partial charge in [0.15, 0.2) is 0 Å². The number of pyridine rings is 1. The number of alkyl halides is 3. The van der Waals surface area contributed by atoms with Gasteiger partial charge in [0.05, 0.1) is 5.92 Å². The molecule has 128 valence electrons. The number of aryl methyl sites for hydroxylation is 2. The van der Waals surface area contributed by atoms with Crippen LogP contribution in [0.25, 0.3) is 0 Å². The number of hydrogen-bond donors (Lipinski definition) is 2. The number of hydrogen-bond acceptors (Lipinski definition) is 2. The van der Waals surface area contributed by atoms with Gasteiger partial charge in [0.2, 0.25) is 5.91 Å². The molecule has 4 nitrogen and oxygen atoms in total. The second-order valence-corrected chi connectivity index (χ2v) is 6.20. The number of aromatic nitrogens is 1. The molecule has 0 aliphatic heterocycles. The van der Waals surface area contributed by atoms with Gasteiger partial charge in [0, 0.05) is 23.7 Å². The minimum absolute atomic E-state index is 0.00820. The summed E-state index contributed by atoms with van der Waals surface area (Å²) in [4.78, 5) is 26.7. The molecule has 0 bridgehead atoms. The highest BCUT2D eigenvalue weighted by atomic mass is 19.4. The number of nitrogens with one attached hydrogen (secondary N) is 2. The Morgan fingerprint density at radius 2 is 1.96 bits per heavy atom. The van der Waals surface area contributed by atoms with Crippen molar-refractivity contribution in [3.63, 3.8) is 0 Å². The molecule has 0 aromatic carbocycles. The Bertz CT molecular complexity index is 637. The number of carbonyl (C=O) groups excluding carboxylic acids is 1. The van der Waals surface area contributed by atoms with Gasteiger partial charge in [-0.3, -0.25) is 9.59 Å². The summed E-state index contributed by atoms with van der Waals surface area (Å²) in [5.74, 6) is -3.27. The second-order valence-electron chi connectivity index (χ2n) is 6.20. The number of rotatable bonds is 3. The Morgan fingerprint density at radius 3 is 2.57 bits per heavy atom. The third-order valence-corrected chi connectivity index (χ3v) is 4.46. The number of amides is 1. The van der Waals surface area contributed by atoms with E-state index >= 15 is 0 Å². The Kier molecular flexibility index (Phi) is 5.16. The van der Waals surface area contributed by atoms with Crippen LogP contribution in [0, 0.1) is 25.7 Å². The zero-order valence-electron chi connectivity index (χ0n) is 13.2. The molecule has 2 rings (SSSR count). The van der Waals surface area contributed by atoms with Crippen LogP contribution in [0.1, 0.15) is 42.5 Å². The summed E-state index contributed by atoms with van der Waals surface area (Å²) in [6.07, 6.45) is -3.02. The smallest absolute Gasteiger partial charge is 0.352 e. The quantitative estimate of drug-likeness (QED) is 0.895. The average Bonchev–Trinajstić information content (AvgIpc) is 2.45. The van der Waals surface area contributed by atoms with Crippen molar-refractivity contribution in [1.82, 2.24) is 10.3 Å². The monoisotopic (exact) mass is 330 g/mol. The van der Waals surface area contributed by atoms with Crippen molar-refractivity contribution in [1.29, 1.82) is 0 Å². The maximum Gasteiger partial charge on any atom is 0.392 e. The molecule has 23 heavy (non-hydrogen) atoms. The minimum Gasteiger partial charge on any atom is -0.352 e. The van der Waals surface area contributed by atoms with E-state index in [-0.39, 0.29) is 24.9 Å². The highest BCUT2D eigenvalue weighted by Gasteiger charge is 2.47. The van der Waals surface area contributed by atoms with E-state index in [4.69, 9.17) is 0 Å². The van der Waals surface area contributed by atoms with Crippen LogP contribution in [0.15, 0.2) is 10.9 Å². The normalized spacial score (nSPS) is 22.0. The molecule has 1 aromatic rings. The zero-order valence-corrected chi connectivity index (χ0v) is 13.2. The fourth-order valence-electron chi connectivity index (χ4n) is 3.24. The maximum atomic E-state index is 13.1. The molecule has 2 atom stereocenters. The molecule has 1 heterocycles. The van der Waals surface area contributed by atoms with E-state index in [1.165, 1.54) is 0 Å². The number of aromatic amines is 1. The zero-order chi connectivity index (χ0) is 17.2. The highest BCUT2D eigenvalue weighted by Crippen LogP contribution is 2.41. The molecule has 1 amide bonds. The maximum absolute atomic E-state index is 13.1. The summed E-state index contributed by atoms with van der Waals surface area (Å²) in [5.41, 5.74) is 1.47. The van der Waals surface area contributed by atoms with Crippen LogP contribution in [0.2, 0.25) is 0 Å². The van der Waals surface area contributed by atoms with Crippen LogP contribution in [0.5, 0.6) is 0 Å². The standard InChI is InChI=1S/C16H21F3N2O2/c1-9-7-10(2)21-15(23)12(9)8-20-14(22)11-5-3-4-6-13(11)16(17,18)19/h7,11,13H,3-6,8H2,1-2H3,(H,20,22)(H,21,23)/t11-,13+/m0/s1. The van der Waals surface area contributed by atoms with Gasteiger partial charge in [-0.2, -0.15) is 13.2 Å². The summed E-state index contributed by atoms with van der Waals surface area (Å²) >= 11 is 0. The summed E-state index contributed by atoms with van der Waals surface area (Å²) < 4.78 is 39.2. The lowest BCUT2D eigenvalue weighted by Gasteiger charge is -2.32. The number of halogens is 3. The largest absolute Gasteiger partial charge is 0.392 e. The van der Waals surface area contributed by atoms with Crippen LogP contribution in [0.3, 0.4) is 0 Å². The number of H-pyrrole nitrogens is 1. The van der Waals surface area contributed by atoms with Crippen LogP contribution < -0.4 is 10.9 Å². The van der Waals surface area contributed by atoms with E-state index < -0.39 is 23.9 Å². The molecule has 1 aliphatic carbocycles. The van der Waals surface area contributed by atoms with Crippen molar-refractivity contribution in [3.8, 4) is 0 Å². The van der Waals surface area contributed by atoms with E-state index in [9.17, 15) is 22.8 Å². The molecule has 1 aromatic heterocycles. The first-order valence-electron chi connectivity index (χ1n) is 7.74. The predicted octanol–water partition coefficient (Wildman–Crippen LogP) is 2.98. The fraction of sp³-hybridized carbons (Fsp3) is 0.625. The predicted molar refractivity (Wildman–Crippen MR) is 79.9 cm³/mol. The van der Waals surface area contributed by atoms with Gasteiger partial charge in [-0.25, -0.2) is 0 Å². The summed E-state index contributed by atoms with van der Waals surface area (Å²) in [5, 5.41) is 2.51. The SMILES string of the molecule is Cc1cc(C)c(CNC(=O)[C@H]2CCCC[C@H]2C(F)(F)F)c(=O)[nH]1. The summed E-state index contributed by atoms with van der Waals surface area (Å²) in [6, 6.07) is 1.77. The minimum atomic E-state index is -4.36. The molecule has 1 fully saturated rings. The molecular weight excluding hydrogens is 309 g/mol. The molecule has 0 saturated heterocycles. The molecule has 1 aliphatic rings.